The molecule has 0 aliphatic heterocycles. The number of nitrogens with one attached hydrogen (secondary N) is 1. The molecule has 0 radical (unpaired) electrons. The van der Waals surface area contributed by atoms with Gasteiger partial charge in [-0.1, -0.05) is 25.5 Å². The first kappa shape index (κ1) is 11.6. The molecule has 1 rings (SSSR count). The summed E-state index contributed by atoms with van der Waals surface area (Å²) in [6.07, 6.45) is 1.70. The van der Waals surface area contributed by atoms with E-state index in [0.29, 0.717) is 0 Å². The molecule has 1 unspecified atom stereocenters. The van der Waals surface area contributed by atoms with Crippen LogP contribution in [0.3, 0.4) is 0 Å². The van der Waals surface area contributed by atoms with Gasteiger partial charge in [0.15, 0.2) is 0 Å². The molecule has 1 aromatic rings. The zero-order valence-corrected chi connectivity index (χ0v) is 9.29. The fraction of sp³-hybridized carbons (Fsp3) is 0.417. The van der Waals surface area contributed by atoms with Crippen LogP contribution in [0.15, 0.2) is 24.3 Å². The largest absolute Gasteiger partial charge is 0.374 e. The van der Waals surface area contributed by atoms with E-state index in [1.807, 2.05) is 38.1 Å². The standard InChI is InChI=1S/C12H18N2O/c1-3-5-11(12(13)15)14-10-7-4-6-9(2)8-10/h4,6-8,11,14H,3,5H2,1-2H3,(H2,13,15). The van der Waals surface area contributed by atoms with E-state index in [9.17, 15) is 4.79 Å². The molecule has 3 heteroatoms. The lowest BCUT2D eigenvalue weighted by atomic mass is 10.1. The maximum absolute atomic E-state index is 11.1. The van der Waals surface area contributed by atoms with Crippen LogP contribution >= 0.6 is 0 Å². The van der Waals surface area contributed by atoms with Gasteiger partial charge in [-0.3, -0.25) is 4.79 Å². The molecule has 0 bridgehead atoms. The summed E-state index contributed by atoms with van der Waals surface area (Å²) in [4.78, 5) is 11.1. The van der Waals surface area contributed by atoms with Gasteiger partial charge >= 0.3 is 0 Å². The molecule has 0 fully saturated rings. The zero-order valence-electron chi connectivity index (χ0n) is 9.29. The van der Waals surface area contributed by atoms with Crippen molar-refractivity contribution in [1.82, 2.24) is 0 Å². The van der Waals surface area contributed by atoms with Gasteiger partial charge in [-0.05, 0) is 31.0 Å². The van der Waals surface area contributed by atoms with Gasteiger partial charge in [-0.2, -0.15) is 0 Å². The highest BCUT2D eigenvalue weighted by Gasteiger charge is 2.13. The lowest BCUT2D eigenvalue weighted by molar-refractivity contribution is -0.118. The van der Waals surface area contributed by atoms with Crippen molar-refractivity contribution in [2.45, 2.75) is 32.7 Å². The van der Waals surface area contributed by atoms with Gasteiger partial charge in [0.25, 0.3) is 0 Å². The Balaban J connectivity index is 2.69. The minimum absolute atomic E-state index is 0.267. The van der Waals surface area contributed by atoms with E-state index in [1.165, 1.54) is 5.56 Å². The molecule has 1 atom stereocenters. The molecule has 0 saturated carbocycles. The van der Waals surface area contributed by atoms with Crippen LogP contribution in [0.1, 0.15) is 25.3 Å². The Morgan fingerprint density at radius 2 is 2.27 bits per heavy atom. The van der Waals surface area contributed by atoms with Crippen LogP contribution in [-0.4, -0.2) is 11.9 Å². The molecule has 0 heterocycles. The SMILES string of the molecule is CCCC(Nc1cccc(C)c1)C(N)=O. The van der Waals surface area contributed by atoms with E-state index >= 15 is 0 Å². The molecule has 3 nitrogen and oxygen atoms in total. The Labute approximate surface area is 90.7 Å². The van der Waals surface area contributed by atoms with E-state index in [2.05, 4.69) is 5.32 Å². The average Bonchev–Trinajstić information content (AvgIpc) is 2.17. The summed E-state index contributed by atoms with van der Waals surface area (Å²) in [6.45, 7) is 4.05. The summed E-state index contributed by atoms with van der Waals surface area (Å²) in [5.41, 5.74) is 7.42. The van der Waals surface area contributed by atoms with Gasteiger partial charge < -0.3 is 11.1 Å². The number of nitrogens with two attached hydrogens (primary N) is 1. The second-order valence-electron chi connectivity index (χ2n) is 3.76. The third kappa shape index (κ3) is 3.62. The summed E-state index contributed by atoms with van der Waals surface area (Å²) in [6, 6.07) is 7.66. The molecule has 0 aliphatic carbocycles. The van der Waals surface area contributed by atoms with E-state index < -0.39 is 0 Å². The van der Waals surface area contributed by atoms with Crippen LogP contribution in [-0.2, 0) is 4.79 Å². The quantitative estimate of drug-likeness (QED) is 0.774. The maximum atomic E-state index is 11.1. The van der Waals surface area contributed by atoms with Crippen molar-refractivity contribution < 1.29 is 4.79 Å². The molecule has 0 saturated heterocycles. The van der Waals surface area contributed by atoms with Crippen LogP contribution in [0.5, 0.6) is 0 Å². The smallest absolute Gasteiger partial charge is 0.239 e. The predicted octanol–water partition coefficient (Wildman–Crippen LogP) is 2.06. The average molecular weight is 206 g/mol. The minimum atomic E-state index is -0.293. The Hall–Kier alpha value is -1.51. The number of amides is 1. The number of carbonyl (C=O) groups excluding carboxylic acids is 1. The first-order valence-corrected chi connectivity index (χ1v) is 5.26. The van der Waals surface area contributed by atoms with Crippen molar-refractivity contribution in [3.63, 3.8) is 0 Å². The van der Waals surface area contributed by atoms with Gasteiger partial charge in [-0.25, -0.2) is 0 Å². The highest BCUT2D eigenvalue weighted by Crippen LogP contribution is 2.12. The molecule has 1 amide bonds. The number of primary amides is 1. The van der Waals surface area contributed by atoms with Crippen LogP contribution in [0, 0.1) is 6.92 Å². The fourth-order valence-electron chi connectivity index (χ4n) is 1.51. The molecule has 0 aromatic heterocycles. The predicted molar refractivity (Wildman–Crippen MR) is 62.7 cm³/mol. The monoisotopic (exact) mass is 206 g/mol. The minimum Gasteiger partial charge on any atom is -0.374 e. The Morgan fingerprint density at radius 3 is 2.80 bits per heavy atom. The highest BCUT2D eigenvalue weighted by atomic mass is 16.1. The number of aryl methyl sites for hydroxylation is 1. The van der Waals surface area contributed by atoms with Gasteiger partial charge in [0.1, 0.15) is 6.04 Å². The number of hydrogen-bond acceptors (Lipinski definition) is 2. The van der Waals surface area contributed by atoms with Gasteiger partial charge in [0.05, 0.1) is 0 Å². The van der Waals surface area contributed by atoms with Gasteiger partial charge in [0, 0.05) is 5.69 Å². The van der Waals surface area contributed by atoms with Crippen LogP contribution in [0.25, 0.3) is 0 Å². The summed E-state index contributed by atoms with van der Waals surface area (Å²) < 4.78 is 0. The lowest BCUT2D eigenvalue weighted by Crippen LogP contribution is -2.35. The number of benzene rings is 1. The van der Waals surface area contributed by atoms with Crippen LogP contribution < -0.4 is 11.1 Å². The first-order valence-electron chi connectivity index (χ1n) is 5.26. The van der Waals surface area contributed by atoms with E-state index in [4.69, 9.17) is 5.73 Å². The van der Waals surface area contributed by atoms with Crippen molar-refractivity contribution in [3.05, 3.63) is 29.8 Å². The van der Waals surface area contributed by atoms with Crippen molar-refractivity contribution >= 4 is 11.6 Å². The molecule has 0 aliphatic rings. The Morgan fingerprint density at radius 1 is 1.53 bits per heavy atom. The topological polar surface area (TPSA) is 55.1 Å². The van der Waals surface area contributed by atoms with E-state index in [-0.39, 0.29) is 11.9 Å². The van der Waals surface area contributed by atoms with Gasteiger partial charge in [0.2, 0.25) is 5.91 Å². The molecular formula is C12H18N2O. The molecule has 0 spiro atoms. The number of carbonyl (C=O) groups is 1. The summed E-state index contributed by atoms with van der Waals surface area (Å²) in [7, 11) is 0. The molecule has 82 valence electrons. The molecular weight excluding hydrogens is 188 g/mol. The zero-order chi connectivity index (χ0) is 11.3. The van der Waals surface area contributed by atoms with Crippen molar-refractivity contribution in [1.29, 1.82) is 0 Å². The third-order valence-corrected chi connectivity index (χ3v) is 2.28. The molecule has 1 aromatic carbocycles. The fourth-order valence-corrected chi connectivity index (χ4v) is 1.51. The second kappa shape index (κ2) is 5.39. The molecule has 3 N–H and O–H groups in total. The number of hydrogen-bond donors (Lipinski definition) is 2. The normalized spacial score (nSPS) is 12.1. The van der Waals surface area contributed by atoms with Gasteiger partial charge in [-0.15, -0.1) is 0 Å². The summed E-state index contributed by atoms with van der Waals surface area (Å²) in [5.74, 6) is -0.293. The summed E-state index contributed by atoms with van der Waals surface area (Å²) >= 11 is 0. The number of rotatable bonds is 5. The van der Waals surface area contributed by atoms with Crippen LogP contribution in [0.2, 0.25) is 0 Å². The summed E-state index contributed by atoms with van der Waals surface area (Å²) in [5, 5.41) is 3.15. The van der Waals surface area contributed by atoms with Crippen LogP contribution in [0.4, 0.5) is 5.69 Å². The van der Waals surface area contributed by atoms with Crippen molar-refractivity contribution in [2.75, 3.05) is 5.32 Å². The number of anilines is 1. The maximum Gasteiger partial charge on any atom is 0.239 e. The first-order chi connectivity index (χ1) is 7.13. The highest BCUT2D eigenvalue weighted by molar-refractivity contribution is 5.82. The lowest BCUT2D eigenvalue weighted by Gasteiger charge is -2.16. The Kier molecular flexibility index (Phi) is 4.16. The van der Waals surface area contributed by atoms with Crippen molar-refractivity contribution in [3.8, 4) is 0 Å². The second-order valence-corrected chi connectivity index (χ2v) is 3.76. The van der Waals surface area contributed by atoms with E-state index in [0.717, 1.165) is 18.5 Å². The van der Waals surface area contributed by atoms with Crippen molar-refractivity contribution in [2.24, 2.45) is 5.73 Å². The van der Waals surface area contributed by atoms with E-state index in [1.54, 1.807) is 0 Å². The third-order valence-electron chi connectivity index (χ3n) is 2.28. The Bertz CT molecular complexity index is 336. The molecule has 15 heavy (non-hydrogen) atoms.